The Balaban J connectivity index is 1.67. The van der Waals surface area contributed by atoms with Crippen LogP contribution in [0.1, 0.15) is 36.8 Å². The maximum absolute atomic E-state index is 13.6. The van der Waals surface area contributed by atoms with Crippen molar-refractivity contribution in [3.8, 4) is 17.3 Å². The molecular formula is C22H16BrCl2F3N4OS. The number of benzene rings is 1. The van der Waals surface area contributed by atoms with Gasteiger partial charge in [0.25, 0.3) is 5.89 Å². The van der Waals surface area contributed by atoms with Crippen LogP contribution in [-0.4, -0.2) is 32.4 Å². The molecule has 34 heavy (non-hydrogen) atoms. The number of thioether (sulfide) groups is 1. The van der Waals surface area contributed by atoms with Crippen LogP contribution >= 0.6 is 50.9 Å². The number of halogens is 6. The summed E-state index contributed by atoms with van der Waals surface area (Å²) in [4.78, 5) is 0.721. The maximum Gasteiger partial charge on any atom is 0.403 e. The average Bonchev–Trinajstić information content (AvgIpc) is 3.32. The van der Waals surface area contributed by atoms with Crippen molar-refractivity contribution in [2.24, 2.45) is 0 Å². The second kappa shape index (κ2) is 8.72. The van der Waals surface area contributed by atoms with Crippen LogP contribution in [0.25, 0.3) is 17.3 Å². The summed E-state index contributed by atoms with van der Waals surface area (Å²) in [6.07, 6.45) is 3.99. The highest BCUT2D eigenvalue weighted by Gasteiger charge is 2.68. The molecule has 1 unspecified atom stereocenters. The highest BCUT2D eigenvalue weighted by Crippen LogP contribution is 2.58. The lowest BCUT2D eigenvalue weighted by molar-refractivity contribution is -0.165. The van der Waals surface area contributed by atoms with E-state index in [-0.39, 0.29) is 24.7 Å². The Morgan fingerprint density at radius 1 is 1.24 bits per heavy atom. The zero-order valence-corrected chi connectivity index (χ0v) is 21.5. The number of alkyl halides is 3. The van der Waals surface area contributed by atoms with Crippen molar-refractivity contribution in [3.05, 3.63) is 62.5 Å². The molecule has 2 aliphatic carbocycles. The van der Waals surface area contributed by atoms with E-state index in [4.69, 9.17) is 32.7 Å². The van der Waals surface area contributed by atoms with Crippen LogP contribution in [0.4, 0.5) is 13.2 Å². The Morgan fingerprint density at radius 3 is 2.59 bits per heavy atom. The summed E-state index contributed by atoms with van der Waals surface area (Å²) in [5, 5.41) is 13.3. The van der Waals surface area contributed by atoms with Gasteiger partial charge in [-0.15, -0.1) is 22.0 Å². The molecule has 3 aromatic rings. The minimum Gasteiger partial charge on any atom is -0.418 e. The number of allylic oxidation sites excluding steroid dienone is 4. The predicted molar refractivity (Wildman–Crippen MR) is 129 cm³/mol. The molecule has 2 aliphatic rings. The van der Waals surface area contributed by atoms with Crippen molar-refractivity contribution in [1.29, 1.82) is 0 Å². The minimum absolute atomic E-state index is 0.0588. The molecule has 0 saturated heterocycles. The fraction of sp³-hybridized carbons (Fsp3) is 0.318. The first-order valence-electron chi connectivity index (χ1n) is 10.2. The van der Waals surface area contributed by atoms with E-state index in [0.29, 0.717) is 27.8 Å². The SMILES string of the molecule is CSc1c(-c2nnc(C3(C(F)(F)F)CC3)o2)nn(-c2ccc(Cl)cc2Cl)c1C1C=CC(Br)=CC1. The molecule has 2 aromatic heterocycles. The Hall–Kier alpha value is -1.75. The first-order chi connectivity index (χ1) is 16.1. The molecule has 178 valence electrons. The summed E-state index contributed by atoms with van der Waals surface area (Å²) in [6, 6.07) is 5.06. The Morgan fingerprint density at radius 2 is 2.00 bits per heavy atom. The normalized spacial score (nSPS) is 19.4. The zero-order chi connectivity index (χ0) is 24.3. The van der Waals surface area contributed by atoms with Crippen LogP contribution in [0.15, 0.2) is 50.2 Å². The van der Waals surface area contributed by atoms with E-state index in [1.54, 1.807) is 22.9 Å². The molecule has 1 aromatic carbocycles. The number of nitrogens with zero attached hydrogens (tertiary/aromatic N) is 4. The highest BCUT2D eigenvalue weighted by molar-refractivity contribution is 9.11. The van der Waals surface area contributed by atoms with E-state index in [2.05, 4.69) is 26.1 Å². The van der Waals surface area contributed by atoms with Crippen molar-refractivity contribution in [2.45, 2.75) is 41.7 Å². The summed E-state index contributed by atoms with van der Waals surface area (Å²) in [7, 11) is 0. The first kappa shape index (κ1) is 24.0. The van der Waals surface area contributed by atoms with Crippen molar-refractivity contribution in [3.63, 3.8) is 0 Å². The average molecular weight is 592 g/mol. The Bertz CT molecular complexity index is 1330. The lowest BCUT2D eigenvalue weighted by atomic mass is 9.96. The van der Waals surface area contributed by atoms with Crippen LogP contribution in [-0.2, 0) is 5.41 Å². The van der Waals surface area contributed by atoms with E-state index in [1.165, 1.54) is 11.8 Å². The van der Waals surface area contributed by atoms with E-state index in [0.717, 1.165) is 15.1 Å². The largest absolute Gasteiger partial charge is 0.418 e. The van der Waals surface area contributed by atoms with Crippen molar-refractivity contribution in [1.82, 2.24) is 20.0 Å². The van der Waals surface area contributed by atoms with E-state index >= 15 is 0 Å². The third kappa shape index (κ3) is 4.02. The summed E-state index contributed by atoms with van der Waals surface area (Å²) in [5.41, 5.74) is -0.354. The maximum atomic E-state index is 13.6. The molecule has 0 spiro atoms. The van der Waals surface area contributed by atoms with Crippen LogP contribution in [0.2, 0.25) is 10.0 Å². The topological polar surface area (TPSA) is 56.7 Å². The van der Waals surface area contributed by atoms with E-state index in [9.17, 15) is 13.2 Å². The van der Waals surface area contributed by atoms with Crippen molar-refractivity contribution < 1.29 is 17.6 Å². The molecule has 5 rings (SSSR count). The molecule has 1 saturated carbocycles. The van der Waals surface area contributed by atoms with Crippen LogP contribution < -0.4 is 0 Å². The lowest BCUT2D eigenvalue weighted by Crippen LogP contribution is -2.28. The quantitative estimate of drug-likeness (QED) is 0.283. The number of aromatic nitrogens is 4. The van der Waals surface area contributed by atoms with Gasteiger partial charge in [-0.3, -0.25) is 0 Å². The summed E-state index contributed by atoms with van der Waals surface area (Å²) >= 11 is 17.5. The Labute approximate surface area is 215 Å². The van der Waals surface area contributed by atoms with Crippen LogP contribution in [0.3, 0.4) is 0 Å². The first-order valence-corrected chi connectivity index (χ1v) is 13.0. The minimum atomic E-state index is -4.45. The van der Waals surface area contributed by atoms with Gasteiger partial charge in [-0.05, 0) is 43.7 Å². The second-order valence-electron chi connectivity index (χ2n) is 8.06. The summed E-state index contributed by atoms with van der Waals surface area (Å²) in [5.74, 6) is -0.548. The second-order valence-corrected chi connectivity index (χ2v) is 10.6. The summed E-state index contributed by atoms with van der Waals surface area (Å²) < 4.78 is 49.0. The van der Waals surface area contributed by atoms with Crippen molar-refractivity contribution >= 4 is 50.9 Å². The fourth-order valence-corrected chi connectivity index (χ4v) is 5.57. The van der Waals surface area contributed by atoms with E-state index < -0.39 is 17.5 Å². The smallest absolute Gasteiger partial charge is 0.403 e. The number of rotatable bonds is 5. The van der Waals surface area contributed by atoms with Crippen molar-refractivity contribution in [2.75, 3.05) is 6.26 Å². The third-order valence-corrected chi connectivity index (χ3v) is 7.89. The van der Waals surface area contributed by atoms with Gasteiger partial charge in [-0.25, -0.2) is 4.68 Å². The van der Waals surface area contributed by atoms with Gasteiger partial charge in [0.1, 0.15) is 5.41 Å². The monoisotopic (exact) mass is 590 g/mol. The molecule has 1 fully saturated rings. The molecule has 0 amide bonds. The van der Waals surface area contributed by atoms with Crippen LogP contribution in [0, 0.1) is 0 Å². The third-order valence-electron chi connectivity index (χ3n) is 5.95. The molecular weight excluding hydrogens is 576 g/mol. The van der Waals surface area contributed by atoms with Gasteiger partial charge in [0.2, 0.25) is 5.89 Å². The molecule has 0 bridgehead atoms. The van der Waals surface area contributed by atoms with Crippen LogP contribution in [0.5, 0.6) is 0 Å². The van der Waals surface area contributed by atoms with Gasteiger partial charge < -0.3 is 4.42 Å². The lowest BCUT2D eigenvalue weighted by Gasteiger charge is -2.18. The molecule has 5 nitrogen and oxygen atoms in total. The highest BCUT2D eigenvalue weighted by atomic mass is 79.9. The Kier molecular flexibility index (Phi) is 6.15. The number of hydrogen-bond donors (Lipinski definition) is 0. The standard InChI is InChI=1S/C22H16BrCl2F3N4OS/c1-34-18-16(19-29-30-20(33-19)21(8-9-21)22(26,27)28)31-32(15-7-6-13(24)10-14(15)25)17(18)11-2-4-12(23)5-3-11/h2,4-7,10-11H,3,8-9H2,1H3. The molecule has 2 heterocycles. The van der Waals surface area contributed by atoms with Gasteiger partial charge in [-0.1, -0.05) is 57.4 Å². The molecule has 1 atom stereocenters. The number of hydrogen-bond acceptors (Lipinski definition) is 5. The fourth-order valence-electron chi connectivity index (χ4n) is 3.97. The molecule has 0 aliphatic heterocycles. The van der Waals surface area contributed by atoms with Gasteiger partial charge in [-0.2, -0.15) is 18.3 Å². The van der Waals surface area contributed by atoms with Gasteiger partial charge >= 0.3 is 6.18 Å². The molecule has 0 radical (unpaired) electrons. The van der Waals surface area contributed by atoms with E-state index in [1.807, 2.05) is 24.5 Å². The van der Waals surface area contributed by atoms with Gasteiger partial charge in [0, 0.05) is 15.4 Å². The summed E-state index contributed by atoms with van der Waals surface area (Å²) in [6.45, 7) is 0. The molecule has 12 heteroatoms. The van der Waals surface area contributed by atoms with Gasteiger partial charge in [0.15, 0.2) is 5.69 Å². The predicted octanol–water partition coefficient (Wildman–Crippen LogP) is 7.87. The molecule has 0 N–H and O–H groups in total. The van der Waals surface area contributed by atoms with Gasteiger partial charge in [0.05, 0.1) is 21.3 Å². The zero-order valence-electron chi connectivity index (χ0n) is 17.5.